The summed E-state index contributed by atoms with van der Waals surface area (Å²) in [4.78, 5) is 22.4. The lowest BCUT2D eigenvalue weighted by Gasteiger charge is -2.21. The Morgan fingerprint density at radius 3 is 2.63 bits per heavy atom. The van der Waals surface area contributed by atoms with E-state index in [2.05, 4.69) is 5.32 Å². The minimum absolute atomic E-state index is 0.0516. The second-order valence-electron chi connectivity index (χ2n) is 5.19. The topological polar surface area (TPSA) is 72.2 Å². The fourth-order valence-electron chi connectivity index (χ4n) is 1.53. The van der Waals surface area contributed by atoms with Gasteiger partial charge in [0.05, 0.1) is 4.92 Å². The molecule has 0 atom stereocenters. The number of benzene rings is 1. The lowest BCUT2D eigenvalue weighted by molar-refractivity contribution is -0.385. The van der Waals surface area contributed by atoms with Crippen LogP contribution in [0.15, 0.2) is 18.2 Å². The Balaban J connectivity index is 2.89. The van der Waals surface area contributed by atoms with Gasteiger partial charge in [-0.05, 0) is 18.4 Å². The molecule has 0 fully saturated rings. The molecule has 0 aliphatic heterocycles. The molecule has 0 aromatic heterocycles. The van der Waals surface area contributed by atoms with Gasteiger partial charge in [0.25, 0.3) is 11.6 Å². The van der Waals surface area contributed by atoms with Crippen LogP contribution < -0.4 is 5.32 Å². The first kappa shape index (κ1) is 15.4. The molecule has 1 aromatic rings. The van der Waals surface area contributed by atoms with E-state index in [1.54, 1.807) is 13.0 Å². The summed E-state index contributed by atoms with van der Waals surface area (Å²) >= 11 is 5.78. The molecule has 1 N–H and O–H groups in total. The first-order valence-electron chi connectivity index (χ1n) is 5.86. The van der Waals surface area contributed by atoms with Crippen molar-refractivity contribution in [3.05, 3.63) is 39.4 Å². The molecule has 19 heavy (non-hydrogen) atoms. The van der Waals surface area contributed by atoms with Crippen molar-refractivity contribution in [3.8, 4) is 0 Å². The Bertz CT molecular complexity index is 501. The molecule has 0 aliphatic carbocycles. The highest BCUT2D eigenvalue weighted by Gasteiger charge is 2.21. The largest absolute Gasteiger partial charge is 0.351 e. The number of nitro benzene ring substituents is 1. The number of hydrogen-bond acceptors (Lipinski definition) is 3. The van der Waals surface area contributed by atoms with Crippen LogP contribution in [0.2, 0.25) is 0 Å². The molecule has 0 heterocycles. The molecule has 0 saturated carbocycles. The zero-order chi connectivity index (χ0) is 14.6. The van der Waals surface area contributed by atoms with E-state index >= 15 is 0 Å². The van der Waals surface area contributed by atoms with Crippen molar-refractivity contribution in [3.63, 3.8) is 0 Å². The summed E-state index contributed by atoms with van der Waals surface area (Å²) in [5, 5.41) is 13.6. The molecule has 0 spiro atoms. The summed E-state index contributed by atoms with van der Waals surface area (Å²) in [6.45, 7) is 5.85. The zero-order valence-electron chi connectivity index (χ0n) is 11.2. The van der Waals surface area contributed by atoms with Gasteiger partial charge in [0.1, 0.15) is 0 Å². The van der Waals surface area contributed by atoms with Crippen molar-refractivity contribution in [1.82, 2.24) is 5.32 Å². The Hall–Kier alpha value is -1.62. The van der Waals surface area contributed by atoms with E-state index in [1.165, 1.54) is 12.1 Å². The maximum Gasteiger partial charge on any atom is 0.273 e. The monoisotopic (exact) mass is 284 g/mol. The number of rotatable bonds is 5. The van der Waals surface area contributed by atoms with Crippen molar-refractivity contribution >= 4 is 23.2 Å². The summed E-state index contributed by atoms with van der Waals surface area (Å²) in [5.74, 6) is 0.0978. The molecule has 1 amide bonds. The van der Waals surface area contributed by atoms with Crippen molar-refractivity contribution in [2.24, 2.45) is 5.41 Å². The van der Waals surface area contributed by atoms with Crippen LogP contribution in [0.3, 0.4) is 0 Å². The number of alkyl halides is 1. The van der Waals surface area contributed by atoms with E-state index in [4.69, 9.17) is 11.6 Å². The van der Waals surface area contributed by atoms with Gasteiger partial charge in [-0.25, -0.2) is 0 Å². The Labute approximate surface area is 117 Å². The molecule has 104 valence electrons. The van der Waals surface area contributed by atoms with Gasteiger partial charge < -0.3 is 5.32 Å². The van der Waals surface area contributed by atoms with Gasteiger partial charge in [0.15, 0.2) is 0 Å². The van der Waals surface area contributed by atoms with Crippen LogP contribution in [0.4, 0.5) is 5.69 Å². The predicted molar refractivity (Wildman–Crippen MR) is 74.7 cm³/mol. The predicted octanol–water partition coefficient (Wildman–Crippen LogP) is 2.90. The van der Waals surface area contributed by atoms with Gasteiger partial charge in [-0.3, -0.25) is 14.9 Å². The number of hydrogen-bond donors (Lipinski definition) is 1. The molecular weight excluding hydrogens is 268 g/mol. The number of carbonyl (C=O) groups excluding carboxylic acids is 1. The van der Waals surface area contributed by atoms with Gasteiger partial charge in [-0.2, -0.15) is 0 Å². The second kappa shape index (κ2) is 6.02. The lowest BCUT2D eigenvalue weighted by atomic mass is 9.96. The molecular formula is C13H17ClN2O3. The highest BCUT2D eigenvalue weighted by Crippen LogP contribution is 2.21. The van der Waals surface area contributed by atoms with E-state index in [9.17, 15) is 14.9 Å². The molecule has 6 heteroatoms. The second-order valence-corrected chi connectivity index (χ2v) is 5.45. The fourth-order valence-corrected chi connectivity index (χ4v) is 1.62. The van der Waals surface area contributed by atoms with Gasteiger partial charge in [-0.15, -0.1) is 11.6 Å². The smallest absolute Gasteiger partial charge is 0.273 e. The highest BCUT2D eigenvalue weighted by atomic mass is 35.5. The number of carbonyl (C=O) groups is 1. The first-order valence-corrected chi connectivity index (χ1v) is 6.40. The van der Waals surface area contributed by atoms with E-state index in [0.717, 1.165) is 0 Å². The maximum atomic E-state index is 12.0. The minimum atomic E-state index is -0.491. The normalized spacial score (nSPS) is 11.2. The van der Waals surface area contributed by atoms with Crippen LogP contribution in [-0.4, -0.2) is 23.3 Å². The van der Waals surface area contributed by atoms with Gasteiger partial charge in [0, 0.05) is 29.6 Å². The van der Waals surface area contributed by atoms with Gasteiger partial charge in [-0.1, -0.05) is 19.9 Å². The summed E-state index contributed by atoms with van der Waals surface area (Å²) in [5.41, 5.74) is 0.420. The van der Waals surface area contributed by atoms with Crippen molar-refractivity contribution in [2.45, 2.75) is 20.8 Å². The van der Waals surface area contributed by atoms with Crippen LogP contribution in [0.5, 0.6) is 0 Å². The van der Waals surface area contributed by atoms with Crippen LogP contribution in [0, 0.1) is 22.5 Å². The average molecular weight is 285 g/mol. The summed E-state index contributed by atoms with van der Waals surface area (Å²) < 4.78 is 0. The number of nitro groups is 1. The quantitative estimate of drug-likeness (QED) is 0.513. The number of nitrogens with zero attached hydrogens (tertiary/aromatic N) is 1. The number of halogens is 1. The van der Waals surface area contributed by atoms with E-state index in [-0.39, 0.29) is 17.0 Å². The van der Waals surface area contributed by atoms with Crippen molar-refractivity contribution in [1.29, 1.82) is 0 Å². The standard InChI is InChI=1S/C13H17ClN2O3/c1-9-10(5-4-6-11(9)16(18)19)12(17)15-8-13(2,3)7-14/h4-6H,7-8H2,1-3H3,(H,15,17). The Morgan fingerprint density at radius 2 is 2.11 bits per heavy atom. The summed E-state index contributed by atoms with van der Waals surface area (Å²) in [6.07, 6.45) is 0. The van der Waals surface area contributed by atoms with Gasteiger partial charge in [0.2, 0.25) is 0 Å². The van der Waals surface area contributed by atoms with Crippen LogP contribution in [-0.2, 0) is 0 Å². The van der Waals surface area contributed by atoms with E-state index < -0.39 is 4.92 Å². The van der Waals surface area contributed by atoms with Crippen molar-refractivity contribution in [2.75, 3.05) is 12.4 Å². The first-order chi connectivity index (χ1) is 8.78. The molecule has 1 aromatic carbocycles. The molecule has 1 rings (SSSR count). The third kappa shape index (κ3) is 3.92. The third-order valence-corrected chi connectivity index (χ3v) is 3.56. The molecule has 0 aliphatic rings. The summed E-state index contributed by atoms with van der Waals surface area (Å²) in [7, 11) is 0. The SMILES string of the molecule is Cc1c(C(=O)NCC(C)(C)CCl)cccc1[N+](=O)[O-]. The van der Waals surface area contributed by atoms with E-state index in [0.29, 0.717) is 23.6 Å². The fraction of sp³-hybridized carbons (Fsp3) is 0.462. The number of amides is 1. The maximum absolute atomic E-state index is 12.0. The lowest BCUT2D eigenvalue weighted by Crippen LogP contribution is -2.35. The van der Waals surface area contributed by atoms with Gasteiger partial charge >= 0.3 is 0 Å². The van der Waals surface area contributed by atoms with Crippen LogP contribution >= 0.6 is 11.6 Å². The highest BCUT2D eigenvalue weighted by molar-refractivity contribution is 6.18. The Morgan fingerprint density at radius 1 is 1.47 bits per heavy atom. The number of nitrogens with one attached hydrogen (secondary N) is 1. The van der Waals surface area contributed by atoms with E-state index in [1.807, 2.05) is 13.8 Å². The minimum Gasteiger partial charge on any atom is -0.351 e. The Kier molecular flexibility index (Phi) is 4.89. The molecule has 0 bridgehead atoms. The zero-order valence-corrected chi connectivity index (χ0v) is 12.0. The molecule has 0 radical (unpaired) electrons. The molecule has 0 unspecified atom stereocenters. The third-order valence-electron chi connectivity index (χ3n) is 2.84. The molecule has 0 saturated heterocycles. The molecule has 5 nitrogen and oxygen atoms in total. The summed E-state index contributed by atoms with van der Waals surface area (Å²) in [6, 6.07) is 4.47. The van der Waals surface area contributed by atoms with Crippen LogP contribution in [0.1, 0.15) is 29.8 Å². The average Bonchev–Trinajstić information content (AvgIpc) is 2.36. The van der Waals surface area contributed by atoms with Crippen molar-refractivity contribution < 1.29 is 9.72 Å². The van der Waals surface area contributed by atoms with Crippen LogP contribution in [0.25, 0.3) is 0 Å².